The van der Waals surface area contributed by atoms with E-state index >= 15 is 0 Å². The minimum Gasteiger partial charge on any atom is -0.324 e. The molecule has 1 fully saturated rings. The van der Waals surface area contributed by atoms with Crippen molar-refractivity contribution < 1.29 is 0 Å². The molecular formula is C13H18BrN. The summed E-state index contributed by atoms with van der Waals surface area (Å²) in [6, 6.07) is 8.55. The Kier molecular flexibility index (Phi) is 3.81. The van der Waals surface area contributed by atoms with Gasteiger partial charge >= 0.3 is 0 Å². The SMILES string of the molecule is N[C@H](c1ccccc1Br)C1CCCCC1. The first-order valence-electron chi connectivity index (χ1n) is 5.79. The average molecular weight is 268 g/mol. The van der Waals surface area contributed by atoms with Crippen LogP contribution in [0.1, 0.15) is 43.7 Å². The molecule has 1 nitrogen and oxygen atoms in total. The lowest BCUT2D eigenvalue weighted by Crippen LogP contribution is -2.23. The Morgan fingerprint density at radius 2 is 1.80 bits per heavy atom. The van der Waals surface area contributed by atoms with E-state index in [1.54, 1.807) is 0 Å². The molecule has 82 valence electrons. The van der Waals surface area contributed by atoms with Crippen LogP contribution in [0, 0.1) is 5.92 Å². The minimum absolute atomic E-state index is 0.209. The summed E-state index contributed by atoms with van der Waals surface area (Å²) >= 11 is 3.58. The molecule has 0 unspecified atom stereocenters. The summed E-state index contributed by atoms with van der Waals surface area (Å²) in [6.07, 6.45) is 6.68. The van der Waals surface area contributed by atoms with Crippen LogP contribution in [-0.4, -0.2) is 0 Å². The molecule has 1 aliphatic carbocycles. The second kappa shape index (κ2) is 5.13. The predicted molar refractivity (Wildman–Crippen MR) is 67.6 cm³/mol. The predicted octanol–water partition coefficient (Wildman–Crippen LogP) is 4.03. The molecule has 1 aliphatic rings. The van der Waals surface area contributed by atoms with Crippen LogP contribution in [0.25, 0.3) is 0 Å². The minimum atomic E-state index is 0.209. The Hall–Kier alpha value is -0.340. The van der Waals surface area contributed by atoms with Crippen LogP contribution >= 0.6 is 15.9 Å². The van der Waals surface area contributed by atoms with Crippen molar-refractivity contribution in [1.82, 2.24) is 0 Å². The van der Waals surface area contributed by atoms with E-state index in [0.717, 1.165) is 4.47 Å². The van der Waals surface area contributed by atoms with Crippen LogP contribution in [0.15, 0.2) is 28.7 Å². The van der Waals surface area contributed by atoms with Crippen LogP contribution < -0.4 is 5.73 Å². The molecule has 1 aromatic carbocycles. The van der Waals surface area contributed by atoms with Gasteiger partial charge in [0.05, 0.1) is 0 Å². The fourth-order valence-electron chi connectivity index (χ4n) is 2.49. The fraction of sp³-hybridized carbons (Fsp3) is 0.538. The normalized spacial score (nSPS) is 20.1. The summed E-state index contributed by atoms with van der Waals surface area (Å²) in [5.41, 5.74) is 7.61. The number of rotatable bonds is 2. The maximum Gasteiger partial charge on any atom is 0.0334 e. The van der Waals surface area contributed by atoms with E-state index < -0.39 is 0 Å². The molecule has 0 bridgehead atoms. The molecular weight excluding hydrogens is 250 g/mol. The van der Waals surface area contributed by atoms with Crippen molar-refractivity contribution >= 4 is 15.9 Å². The summed E-state index contributed by atoms with van der Waals surface area (Å²) in [7, 11) is 0. The molecule has 0 amide bonds. The second-order valence-electron chi connectivity index (χ2n) is 4.45. The van der Waals surface area contributed by atoms with E-state index in [1.807, 2.05) is 6.07 Å². The summed E-state index contributed by atoms with van der Waals surface area (Å²) in [4.78, 5) is 0. The van der Waals surface area contributed by atoms with Gasteiger partial charge in [-0.3, -0.25) is 0 Å². The molecule has 2 rings (SSSR count). The highest BCUT2D eigenvalue weighted by atomic mass is 79.9. The third-order valence-electron chi connectivity index (χ3n) is 3.42. The van der Waals surface area contributed by atoms with Gasteiger partial charge in [0.2, 0.25) is 0 Å². The lowest BCUT2D eigenvalue weighted by atomic mass is 9.81. The molecule has 1 saturated carbocycles. The van der Waals surface area contributed by atoms with Crippen LogP contribution in [0.3, 0.4) is 0 Å². The van der Waals surface area contributed by atoms with Gasteiger partial charge in [0, 0.05) is 10.5 Å². The van der Waals surface area contributed by atoms with E-state index in [1.165, 1.54) is 37.7 Å². The summed E-state index contributed by atoms with van der Waals surface area (Å²) in [5, 5.41) is 0. The zero-order chi connectivity index (χ0) is 10.7. The van der Waals surface area contributed by atoms with Crippen LogP contribution in [0.4, 0.5) is 0 Å². The van der Waals surface area contributed by atoms with Gasteiger partial charge in [-0.2, -0.15) is 0 Å². The van der Waals surface area contributed by atoms with Crippen molar-refractivity contribution in [2.24, 2.45) is 11.7 Å². The molecule has 2 N–H and O–H groups in total. The molecule has 0 spiro atoms. The van der Waals surface area contributed by atoms with E-state index in [9.17, 15) is 0 Å². The van der Waals surface area contributed by atoms with Crippen LogP contribution in [0.2, 0.25) is 0 Å². The van der Waals surface area contributed by atoms with Crippen molar-refractivity contribution in [1.29, 1.82) is 0 Å². The smallest absolute Gasteiger partial charge is 0.0334 e. The third kappa shape index (κ3) is 2.61. The van der Waals surface area contributed by atoms with Gasteiger partial charge < -0.3 is 5.73 Å². The van der Waals surface area contributed by atoms with Gasteiger partial charge in [-0.15, -0.1) is 0 Å². The Morgan fingerprint density at radius 3 is 2.47 bits per heavy atom. The van der Waals surface area contributed by atoms with Gasteiger partial charge in [-0.05, 0) is 30.4 Å². The van der Waals surface area contributed by atoms with Crippen molar-refractivity contribution in [2.75, 3.05) is 0 Å². The van der Waals surface area contributed by atoms with Crippen molar-refractivity contribution in [2.45, 2.75) is 38.1 Å². The standard InChI is InChI=1S/C13H18BrN/c14-12-9-5-4-8-11(12)13(15)10-6-2-1-3-7-10/h4-5,8-10,13H,1-3,6-7,15H2/t13-/m0/s1. The van der Waals surface area contributed by atoms with Gasteiger partial charge in [-0.1, -0.05) is 53.4 Å². The summed E-state index contributed by atoms with van der Waals surface area (Å²) in [6.45, 7) is 0. The maximum absolute atomic E-state index is 6.34. The lowest BCUT2D eigenvalue weighted by molar-refractivity contribution is 0.307. The maximum atomic E-state index is 6.34. The molecule has 0 radical (unpaired) electrons. The molecule has 0 aliphatic heterocycles. The first-order valence-corrected chi connectivity index (χ1v) is 6.58. The molecule has 0 aromatic heterocycles. The highest BCUT2D eigenvalue weighted by Gasteiger charge is 2.22. The number of nitrogens with two attached hydrogens (primary N) is 1. The van der Waals surface area contributed by atoms with E-state index in [-0.39, 0.29) is 6.04 Å². The van der Waals surface area contributed by atoms with Gasteiger partial charge in [0.1, 0.15) is 0 Å². The number of benzene rings is 1. The average Bonchev–Trinajstić information content (AvgIpc) is 2.30. The highest BCUT2D eigenvalue weighted by molar-refractivity contribution is 9.10. The number of hydrogen-bond donors (Lipinski definition) is 1. The third-order valence-corrected chi connectivity index (χ3v) is 4.14. The molecule has 15 heavy (non-hydrogen) atoms. The van der Waals surface area contributed by atoms with Gasteiger partial charge in [-0.25, -0.2) is 0 Å². The Balaban J connectivity index is 2.12. The van der Waals surface area contributed by atoms with Gasteiger partial charge in [0.15, 0.2) is 0 Å². The molecule has 1 atom stereocenters. The fourth-order valence-corrected chi connectivity index (χ4v) is 3.04. The van der Waals surface area contributed by atoms with E-state index in [0.29, 0.717) is 5.92 Å². The van der Waals surface area contributed by atoms with Crippen molar-refractivity contribution in [3.63, 3.8) is 0 Å². The van der Waals surface area contributed by atoms with E-state index in [4.69, 9.17) is 5.73 Å². The van der Waals surface area contributed by atoms with Crippen LogP contribution in [0.5, 0.6) is 0 Å². The summed E-state index contributed by atoms with van der Waals surface area (Å²) in [5.74, 6) is 0.678. The second-order valence-corrected chi connectivity index (χ2v) is 5.30. The molecule has 1 aromatic rings. The molecule has 0 saturated heterocycles. The Morgan fingerprint density at radius 1 is 1.13 bits per heavy atom. The van der Waals surface area contributed by atoms with Gasteiger partial charge in [0.25, 0.3) is 0 Å². The van der Waals surface area contributed by atoms with E-state index in [2.05, 4.69) is 34.1 Å². The highest BCUT2D eigenvalue weighted by Crippen LogP contribution is 2.35. The number of hydrogen-bond acceptors (Lipinski definition) is 1. The van der Waals surface area contributed by atoms with Crippen LogP contribution in [-0.2, 0) is 0 Å². The molecule has 2 heteroatoms. The van der Waals surface area contributed by atoms with Crippen molar-refractivity contribution in [3.05, 3.63) is 34.3 Å². The number of halogens is 1. The zero-order valence-electron chi connectivity index (χ0n) is 8.95. The zero-order valence-corrected chi connectivity index (χ0v) is 10.5. The Bertz CT molecular complexity index is 318. The Labute approximate surface area is 100 Å². The quantitative estimate of drug-likeness (QED) is 0.861. The summed E-state index contributed by atoms with van der Waals surface area (Å²) < 4.78 is 1.16. The molecule has 0 heterocycles. The topological polar surface area (TPSA) is 26.0 Å². The first-order chi connectivity index (χ1) is 7.29. The first kappa shape index (κ1) is 11.2. The van der Waals surface area contributed by atoms with Crippen molar-refractivity contribution in [3.8, 4) is 0 Å². The monoisotopic (exact) mass is 267 g/mol. The lowest BCUT2D eigenvalue weighted by Gasteiger charge is -2.28. The largest absolute Gasteiger partial charge is 0.324 e.